The lowest BCUT2D eigenvalue weighted by Gasteiger charge is -2.20. The fraction of sp³-hybridized carbons (Fsp3) is 0.273. The zero-order chi connectivity index (χ0) is 19.4. The first kappa shape index (κ1) is 18.7. The van der Waals surface area contributed by atoms with Crippen LogP contribution in [0.3, 0.4) is 0 Å². The minimum absolute atomic E-state index is 0.0462. The second kappa shape index (κ2) is 8.08. The Morgan fingerprint density at radius 2 is 1.85 bits per heavy atom. The maximum absolute atomic E-state index is 12.4. The van der Waals surface area contributed by atoms with E-state index in [9.17, 15) is 9.59 Å². The van der Waals surface area contributed by atoms with Gasteiger partial charge in [-0.25, -0.2) is 0 Å². The second-order valence-corrected chi connectivity index (χ2v) is 6.90. The minimum Gasteiger partial charge on any atom is -0.361 e. The van der Waals surface area contributed by atoms with E-state index in [4.69, 9.17) is 0 Å². The van der Waals surface area contributed by atoms with Crippen LogP contribution in [0.15, 0.2) is 48.7 Å². The summed E-state index contributed by atoms with van der Waals surface area (Å²) in [6.07, 6.45) is 2.67. The van der Waals surface area contributed by atoms with Crippen LogP contribution in [0.2, 0.25) is 0 Å². The molecule has 27 heavy (non-hydrogen) atoms. The highest BCUT2D eigenvalue weighted by Gasteiger charge is 2.15. The van der Waals surface area contributed by atoms with Crippen molar-refractivity contribution >= 4 is 28.4 Å². The van der Waals surface area contributed by atoms with Crippen molar-refractivity contribution in [1.29, 1.82) is 0 Å². The van der Waals surface area contributed by atoms with Gasteiger partial charge < -0.3 is 15.2 Å². The number of para-hydroxylation sites is 1. The third-order valence-corrected chi connectivity index (χ3v) is 4.90. The summed E-state index contributed by atoms with van der Waals surface area (Å²) in [7, 11) is 0. The van der Waals surface area contributed by atoms with Crippen LogP contribution >= 0.6 is 0 Å². The van der Waals surface area contributed by atoms with Gasteiger partial charge in [0.1, 0.15) is 0 Å². The zero-order valence-corrected chi connectivity index (χ0v) is 16.0. The predicted octanol–water partition coefficient (Wildman–Crippen LogP) is 3.81. The average molecular weight is 363 g/mol. The molecule has 0 saturated heterocycles. The first-order valence-electron chi connectivity index (χ1n) is 9.11. The van der Waals surface area contributed by atoms with E-state index < -0.39 is 0 Å². The largest absolute Gasteiger partial charge is 0.361 e. The van der Waals surface area contributed by atoms with Crippen molar-refractivity contribution < 1.29 is 9.59 Å². The number of hydrogen-bond donors (Lipinski definition) is 2. The fourth-order valence-corrected chi connectivity index (χ4v) is 3.13. The van der Waals surface area contributed by atoms with Gasteiger partial charge >= 0.3 is 0 Å². The Morgan fingerprint density at radius 3 is 2.59 bits per heavy atom. The minimum atomic E-state index is -0.188. The van der Waals surface area contributed by atoms with E-state index >= 15 is 0 Å². The van der Waals surface area contributed by atoms with Crippen LogP contribution in [0.5, 0.6) is 0 Å². The molecule has 3 rings (SSSR count). The number of carbonyl (C=O) groups excluding carboxylic acids is 2. The molecule has 0 bridgehead atoms. The van der Waals surface area contributed by atoms with E-state index in [1.165, 1.54) is 12.5 Å². The molecule has 140 valence electrons. The van der Waals surface area contributed by atoms with Crippen molar-refractivity contribution in [1.82, 2.24) is 9.88 Å². The number of hydrogen-bond acceptors (Lipinski definition) is 2. The second-order valence-electron chi connectivity index (χ2n) is 6.90. The van der Waals surface area contributed by atoms with Gasteiger partial charge in [-0.2, -0.15) is 0 Å². The monoisotopic (exact) mass is 363 g/mol. The molecule has 0 aliphatic heterocycles. The third-order valence-electron chi connectivity index (χ3n) is 4.90. The SMILES string of the molecule is CC(=O)N(CCc1c[nH]c2ccccc12)CC(=O)Nc1ccc(C)c(C)c1. The molecular weight excluding hydrogens is 338 g/mol. The van der Waals surface area contributed by atoms with Gasteiger partial charge in [-0.15, -0.1) is 0 Å². The third kappa shape index (κ3) is 4.56. The van der Waals surface area contributed by atoms with Crippen LogP contribution < -0.4 is 5.32 Å². The molecule has 5 heteroatoms. The number of amides is 2. The molecule has 2 aromatic carbocycles. The molecule has 0 aliphatic carbocycles. The highest BCUT2D eigenvalue weighted by molar-refractivity contribution is 5.94. The van der Waals surface area contributed by atoms with Crippen molar-refractivity contribution in [2.45, 2.75) is 27.2 Å². The molecule has 1 heterocycles. The standard InChI is InChI=1S/C22H25N3O2/c1-15-8-9-19(12-16(15)2)24-22(27)14-25(17(3)26)11-10-18-13-23-21-7-5-4-6-20(18)21/h4-9,12-13,23H,10-11,14H2,1-3H3,(H,24,27). The average Bonchev–Trinajstić information content (AvgIpc) is 3.05. The van der Waals surface area contributed by atoms with E-state index in [0.29, 0.717) is 13.0 Å². The molecule has 0 unspecified atom stereocenters. The lowest BCUT2D eigenvalue weighted by molar-refractivity contribution is -0.132. The Balaban J connectivity index is 1.62. The smallest absolute Gasteiger partial charge is 0.243 e. The number of rotatable bonds is 6. The Morgan fingerprint density at radius 1 is 1.07 bits per heavy atom. The lowest BCUT2D eigenvalue weighted by Crippen LogP contribution is -2.38. The van der Waals surface area contributed by atoms with E-state index in [2.05, 4.69) is 16.4 Å². The number of nitrogens with one attached hydrogen (secondary N) is 2. The molecule has 0 radical (unpaired) electrons. The van der Waals surface area contributed by atoms with Crippen molar-refractivity contribution in [2.75, 3.05) is 18.4 Å². The lowest BCUT2D eigenvalue weighted by atomic mass is 10.1. The maximum atomic E-state index is 12.4. The molecule has 3 aromatic rings. The molecule has 1 aromatic heterocycles. The zero-order valence-electron chi connectivity index (χ0n) is 16.0. The summed E-state index contributed by atoms with van der Waals surface area (Å²) in [4.78, 5) is 29.2. The molecule has 0 saturated carbocycles. The normalized spacial score (nSPS) is 10.8. The summed E-state index contributed by atoms with van der Waals surface area (Å²) in [5, 5.41) is 4.03. The Hall–Kier alpha value is -3.08. The molecule has 0 atom stereocenters. The van der Waals surface area contributed by atoms with Gasteiger partial charge in [0.25, 0.3) is 0 Å². The summed E-state index contributed by atoms with van der Waals surface area (Å²) in [6.45, 7) is 6.08. The first-order chi connectivity index (χ1) is 12.9. The Bertz CT molecular complexity index is 975. The Kier molecular flexibility index (Phi) is 5.60. The number of H-pyrrole nitrogens is 1. The molecule has 2 amide bonds. The molecule has 5 nitrogen and oxygen atoms in total. The summed E-state index contributed by atoms with van der Waals surface area (Å²) < 4.78 is 0. The van der Waals surface area contributed by atoms with E-state index in [1.54, 1.807) is 4.90 Å². The first-order valence-corrected chi connectivity index (χ1v) is 9.11. The van der Waals surface area contributed by atoms with Crippen molar-refractivity contribution in [3.05, 3.63) is 65.4 Å². The van der Waals surface area contributed by atoms with E-state index in [1.807, 2.05) is 56.4 Å². The fourth-order valence-electron chi connectivity index (χ4n) is 3.13. The highest BCUT2D eigenvalue weighted by Crippen LogP contribution is 2.18. The molecule has 0 fully saturated rings. The van der Waals surface area contributed by atoms with Gasteiger partial charge in [0.15, 0.2) is 0 Å². The number of aromatic nitrogens is 1. The van der Waals surface area contributed by atoms with E-state index in [-0.39, 0.29) is 18.4 Å². The molecule has 2 N–H and O–H groups in total. The molecule has 0 aliphatic rings. The van der Waals surface area contributed by atoms with Crippen molar-refractivity contribution in [3.63, 3.8) is 0 Å². The summed E-state index contributed by atoms with van der Waals surface area (Å²) in [6, 6.07) is 13.9. The predicted molar refractivity (Wildman–Crippen MR) is 109 cm³/mol. The van der Waals surface area contributed by atoms with Gasteiger partial charge in [0, 0.05) is 36.3 Å². The number of nitrogens with zero attached hydrogens (tertiary/aromatic N) is 1. The van der Waals surface area contributed by atoms with Crippen LogP contribution in [0, 0.1) is 13.8 Å². The molecule has 0 spiro atoms. The van der Waals surface area contributed by atoms with Crippen LogP contribution in [0.4, 0.5) is 5.69 Å². The number of aromatic amines is 1. The van der Waals surface area contributed by atoms with Crippen LogP contribution in [0.25, 0.3) is 10.9 Å². The number of benzene rings is 2. The quantitative estimate of drug-likeness (QED) is 0.699. The van der Waals surface area contributed by atoms with Crippen molar-refractivity contribution in [3.8, 4) is 0 Å². The van der Waals surface area contributed by atoms with Gasteiger partial charge in [-0.1, -0.05) is 24.3 Å². The number of carbonyl (C=O) groups is 2. The summed E-state index contributed by atoms with van der Waals surface area (Å²) in [5.41, 5.74) is 5.27. The van der Waals surface area contributed by atoms with Crippen LogP contribution in [0.1, 0.15) is 23.6 Å². The maximum Gasteiger partial charge on any atom is 0.243 e. The number of fused-ring (bicyclic) bond motifs is 1. The molecular formula is C22H25N3O2. The van der Waals surface area contributed by atoms with Gasteiger partial charge in [-0.3, -0.25) is 9.59 Å². The van der Waals surface area contributed by atoms with Crippen LogP contribution in [-0.2, 0) is 16.0 Å². The summed E-state index contributed by atoms with van der Waals surface area (Å²) in [5.74, 6) is -0.294. The highest BCUT2D eigenvalue weighted by atomic mass is 16.2. The van der Waals surface area contributed by atoms with Gasteiger partial charge in [0.05, 0.1) is 6.54 Å². The number of anilines is 1. The summed E-state index contributed by atoms with van der Waals surface area (Å²) >= 11 is 0. The Labute approximate surface area is 159 Å². The number of aryl methyl sites for hydroxylation is 2. The van der Waals surface area contributed by atoms with Gasteiger partial charge in [0.2, 0.25) is 11.8 Å². The van der Waals surface area contributed by atoms with Gasteiger partial charge in [-0.05, 0) is 55.2 Å². The topological polar surface area (TPSA) is 65.2 Å². The van der Waals surface area contributed by atoms with Crippen LogP contribution in [-0.4, -0.2) is 34.8 Å². The van der Waals surface area contributed by atoms with Crippen molar-refractivity contribution in [2.24, 2.45) is 0 Å². The van der Waals surface area contributed by atoms with E-state index in [0.717, 1.165) is 27.7 Å².